The smallest absolute Gasteiger partial charge is 0.195 e. The second-order valence-electron chi connectivity index (χ2n) is 6.03. The number of ether oxygens (including phenoxy) is 1. The maximum Gasteiger partial charge on any atom is 0.195 e. The largest absolute Gasteiger partial charge is 0.379 e. The number of hydrogen-bond acceptors (Lipinski definition) is 4. The second-order valence-corrected chi connectivity index (χ2v) is 7.14. The van der Waals surface area contributed by atoms with E-state index in [-0.39, 0.29) is 29.5 Å². The molecule has 2 saturated heterocycles. The maximum atomic E-state index is 5.51. The van der Waals surface area contributed by atoms with Crippen molar-refractivity contribution < 1.29 is 4.74 Å². The highest BCUT2D eigenvalue weighted by molar-refractivity contribution is 14.0. The Bertz CT molecular complexity index is 330. The SMILES string of the molecule is CN(C)C(=NCC1(N2CCOCC2)CCSC1)N(C)C.I. The second kappa shape index (κ2) is 8.79. The molecular weight excluding hydrogens is 399 g/mol. The van der Waals surface area contributed by atoms with Gasteiger partial charge in [-0.05, 0) is 12.2 Å². The molecular formula is C14H29IN4OS. The normalized spacial score (nSPS) is 26.1. The van der Waals surface area contributed by atoms with Crippen molar-refractivity contribution in [3.63, 3.8) is 0 Å². The monoisotopic (exact) mass is 428 g/mol. The number of guanidine groups is 1. The van der Waals surface area contributed by atoms with Gasteiger partial charge in [-0.25, -0.2) is 0 Å². The van der Waals surface area contributed by atoms with Gasteiger partial charge < -0.3 is 14.5 Å². The van der Waals surface area contributed by atoms with Crippen LogP contribution in [0.25, 0.3) is 0 Å². The predicted octanol–water partition coefficient (Wildman–Crippen LogP) is 1.29. The molecule has 7 heteroatoms. The lowest BCUT2D eigenvalue weighted by molar-refractivity contribution is -0.0105. The lowest BCUT2D eigenvalue weighted by Gasteiger charge is -2.42. The van der Waals surface area contributed by atoms with Gasteiger partial charge in [0, 0.05) is 47.0 Å². The number of nitrogens with zero attached hydrogens (tertiary/aromatic N) is 4. The van der Waals surface area contributed by atoms with Gasteiger partial charge in [-0.2, -0.15) is 11.8 Å². The maximum absolute atomic E-state index is 5.51. The van der Waals surface area contributed by atoms with Crippen molar-refractivity contribution in [3.8, 4) is 0 Å². The van der Waals surface area contributed by atoms with Gasteiger partial charge in [0.15, 0.2) is 5.96 Å². The van der Waals surface area contributed by atoms with Gasteiger partial charge in [0.05, 0.1) is 25.3 Å². The summed E-state index contributed by atoms with van der Waals surface area (Å²) in [4.78, 5) is 11.7. The lowest BCUT2D eigenvalue weighted by Crippen LogP contribution is -2.56. The number of rotatable bonds is 3. The Morgan fingerprint density at radius 2 is 1.81 bits per heavy atom. The van der Waals surface area contributed by atoms with Crippen LogP contribution < -0.4 is 0 Å². The summed E-state index contributed by atoms with van der Waals surface area (Å²) in [5, 5.41) is 0. The average Bonchev–Trinajstić information content (AvgIpc) is 2.89. The average molecular weight is 428 g/mol. The molecule has 1 atom stereocenters. The molecule has 0 aromatic heterocycles. The van der Waals surface area contributed by atoms with Gasteiger partial charge in [0.1, 0.15) is 0 Å². The Labute approximate surface area is 150 Å². The number of hydrogen-bond donors (Lipinski definition) is 0. The van der Waals surface area contributed by atoms with Crippen LogP contribution in [0.5, 0.6) is 0 Å². The molecule has 0 N–H and O–H groups in total. The molecule has 0 amide bonds. The van der Waals surface area contributed by atoms with Gasteiger partial charge >= 0.3 is 0 Å². The highest BCUT2D eigenvalue weighted by Crippen LogP contribution is 2.34. The van der Waals surface area contributed by atoms with Crippen LogP contribution in [0.3, 0.4) is 0 Å². The van der Waals surface area contributed by atoms with Crippen LogP contribution in [0.1, 0.15) is 6.42 Å². The molecule has 2 rings (SSSR count). The molecule has 2 aliphatic rings. The molecule has 0 bridgehead atoms. The summed E-state index contributed by atoms with van der Waals surface area (Å²) in [7, 11) is 8.24. The molecule has 0 saturated carbocycles. The van der Waals surface area contributed by atoms with Crippen molar-refractivity contribution in [1.29, 1.82) is 0 Å². The Kier molecular flexibility index (Phi) is 8.08. The number of halogens is 1. The minimum atomic E-state index is 0. The zero-order chi connectivity index (χ0) is 14.6. The van der Waals surface area contributed by atoms with E-state index in [1.54, 1.807) is 0 Å². The van der Waals surface area contributed by atoms with Crippen molar-refractivity contribution >= 4 is 41.7 Å². The Morgan fingerprint density at radius 1 is 1.19 bits per heavy atom. The topological polar surface area (TPSA) is 31.3 Å². The Morgan fingerprint density at radius 3 is 2.29 bits per heavy atom. The van der Waals surface area contributed by atoms with E-state index in [9.17, 15) is 0 Å². The highest BCUT2D eigenvalue weighted by atomic mass is 127. The van der Waals surface area contributed by atoms with Gasteiger partial charge in [0.25, 0.3) is 0 Å². The van der Waals surface area contributed by atoms with Crippen molar-refractivity contribution in [3.05, 3.63) is 0 Å². The Balaban J connectivity index is 0.00000220. The van der Waals surface area contributed by atoms with Crippen LogP contribution >= 0.6 is 35.7 Å². The van der Waals surface area contributed by atoms with Crippen LogP contribution in [0.2, 0.25) is 0 Å². The first-order valence-corrected chi connectivity index (χ1v) is 8.50. The molecule has 124 valence electrons. The van der Waals surface area contributed by atoms with E-state index in [1.165, 1.54) is 17.9 Å². The third-order valence-corrected chi connectivity index (χ3v) is 5.31. The van der Waals surface area contributed by atoms with Crippen molar-refractivity contribution in [1.82, 2.24) is 14.7 Å². The zero-order valence-electron chi connectivity index (χ0n) is 13.7. The minimum absolute atomic E-state index is 0. The van der Waals surface area contributed by atoms with Crippen molar-refractivity contribution in [2.75, 3.05) is 72.5 Å². The first-order valence-electron chi connectivity index (χ1n) is 7.35. The molecule has 0 aliphatic carbocycles. The Hall–Kier alpha value is 0.270. The molecule has 5 nitrogen and oxygen atoms in total. The highest BCUT2D eigenvalue weighted by Gasteiger charge is 2.40. The fourth-order valence-electron chi connectivity index (χ4n) is 3.01. The fourth-order valence-corrected chi connectivity index (χ4v) is 4.48. The number of thioether (sulfide) groups is 1. The van der Waals surface area contributed by atoms with Gasteiger partial charge in [0.2, 0.25) is 0 Å². The van der Waals surface area contributed by atoms with Crippen LogP contribution in [0, 0.1) is 0 Å². The van der Waals surface area contributed by atoms with Gasteiger partial charge in [-0.1, -0.05) is 0 Å². The molecule has 0 aromatic carbocycles. The molecule has 0 radical (unpaired) electrons. The quantitative estimate of drug-likeness (QED) is 0.384. The molecule has 0 aromatic rings. The van der Waals surface area contributed by atoms with E-state index >= 15 is 0 Å². The summed E-state index contributed by atoms with van der Waals surface area (Å²) >= 11 is 2.06. The van der Waals surface area contributed by atoms with Gasteiger partial charge in [-0.15, -0.1) is 24.0 Å². The summed E-state index contributed by atoms with van der Waals surface area (Å²) in [6, 6.07) is 0. The summed E-state index contributed by atoms with van der Waals surface area (Å²) < 4.78 is 5.51. The summed E-state index contributed by atoms with van der Waals surface area (Å²) in [5.74, 6) is 3.51. The molecule has 0 spiro atoms. The summed E-state index contributed by atoms with van der Waals surface area (Å²) in [5.41, 5.74) is 0.242. The lowest BCUT2D eigenvalue weighted by atomic mass is 9.96. The minimum Gasteiger partial charge on any atom is -0.379 e. The van der Waals surface area contributed by atoms with E-state index in [2.05, 4.69) is 54.7 Å². The van der Waals surface area contributed by atoms with E-state index in [0.29, 0.717) is 0 Å². The van der Waals surface area contributed by atoms with E-state index in [1.807, 2.05) is 0 Å². The van der Waals surface area contributed by atoms with Crippen LogP contribution in [-0.4, -0.2) is 98.7 Å². The van der Waals surface area contributed by atoms with Crippen LogP contribution in [0.15, 0.2) is 4.99 Å². The first kappa shape index (κ1) is 19.3. The van der Waals surface area contributed by atoms with Crippen LogP contribution in [0.4, 0.5) is 0 Å². The zero-order valence-corrected chi connectivity index (χ0v) is 16.8. The van der Waals surface area contributed by atoms with Crippen molar-refractivity contribution in [2.24, 2.45) is 4.99 Å². The van der Waals surface area contributed by atoms with Crippen molar-refractivity contribution in [2.45, 2.75) is 12.0 Å². The summed E-state index contributed by atoms with van der Waals surface area (Å²) in [6.45, 7) is 4.73. The van der Waals surface area contributed by atoms with E-state index in [4.69, 9.17) is 9.73 Å². The first-order chi connectivity index (χ1) is 9.55. The van der Waals surface area contributed by atoms with Crippen LogP contribution in [-0.2, 0) is 4.74 Å². The number of aliphatic imine (C=N–C) groups is 1. The van der Waals surface area contributed by atoms with E-state index < -0.39 is 0 Å². The third kappa shape index (κ3) is 4.87. The molecule has 2 aliphatic heterocycles. The number of morpholine rings is 1. The predicted molar refractivity (Wildman–Crippen MR) is 102 cm³/mol. The standard InChI is InChI=1S/C14H28N4OS.HI/c1-16(2)13(17(3)4)15-11-14(5-10-20-12-14)18-6-8-19-9-7-18;/h5-12H2,1-4H3;1H. The molecule has 1 unspecified atom stereocenters. The molecule has 2 fully saturated rings. The van der Waals surface area contributed by atoms with E-state index in [0.717, 1.165) is 38.8 Å². The van der Waals surface area contributed by atoms with Gasteiger partial charge in [-0.3, -0.25) is 9.89 Å². The molecule has 2 heterocycles. The fraction of sp³-hybridized carbons (Fsp3) is 0.929. The summed E-state index contributed by atoms with van der Waals surface area (Å²) in [6.07, 6.45) is 1.25. The molecule has 21 heavy (non-hydrogen) atoms. The third-order valence-electron chi connectivity index (χ3n) is 4.08.